The van der Waals surface area contributed by atoms with E-state index in [9.17, 15) is 4.79 Å². The van der Waals surface area contributed by atoms with Crippen molar-refractivity contribution in [1.82, 2.24) is 24.1 Å². The van der Waals surface area contributed by atoms with Gasteiger partial charge in [-0.05, 0) is 12.0 Å². The van der Waals surface area contributed by atoms with Gasteiger partial charge in [0.25, 0.3) is 11.3 Å². The maximum absolute atomic E-state index is 13.0. The van der Waals surface area contributed by atoms with Gasteiger partial charge >= 0.3 is 0 Å². The summed E-state index contributed by atoms with van der Waals surface area (Å²) in [6, 6.07) is 10.4. The highest BCUT2D eigenvalue weighted by Crippen LogP contribution is 2.21. The Morgan fingerprint density at radius 1 is 1.08 bits per heavy atom. The number of benzene rings is 1. The zero-order chi connectivity index (χ0) is 17.0. The number of nitrogens with zero attached hydrogens (tertiary/aromatic N) is 6. The summed E-state index contributed by atoms with van der Waals surface area (Å²) in [6.45, 7) is 4.12. The molecule has 0 amide bonds. The normalized spacial score (nSPS) is 17.1. The molecule has 5 rings (SSSR count). The van der Waals surface area contributed by atoms with E-state index in [1.165, 1.54) is 5.56 Å². The number of aromatic nitrogens is 4. The maximum atomic E-state index is 13.0. The van der Waals surface area contributed by atoms with Crippen molar-refractivity contribution in [2.24, 2.45) is 0 Å². The predicted octanol–water partition coefficient (Wildman–Crippen LogP) is 0.899. The number of anilines is 1. The van der Waals surface area contributed by atoms with Crippen molar-refractivity contribution < 1.29 is 0 Å². The average molecular weight is 336 g/mol. The second-order valence-electron chi connectivity index (χ2n) is 6.86. The van der Waals surface area contributed by atoms with Gasteiger partial charge in [-0.3, -0.25) is 9.69 Å². The fourth-order valence-corrected chi connectivity index (χ4v) is 3.85. The number of hydrogen-bond acceptors (Lipinski definition) is 5. The van der Waals surface area contributed by atoms with Crippen LogP contribution in [-0.4, -0.2) is 44.2 Å². The van der Waals surface area contributed by atoms with Gasteiger partial charge in [-0.2, -0.15) is 9.50 Å². The molecule has 4 heterocycles. The lowest BCUT2D eigenvalue weighted by Gasteiger charge is -2.27. The van der Waals surface area contributed by atoms with Crippen molar-refractivity contribution >= 4 is 11.7 Å². The van der Waals surface area contributed by atoms with Gasteiger partial charge in [0.1, 0.15) is 0 Å². The van der Waals surface area contributed by atoms with Crippen molar-refractivity contribution in [1.29, 1.82) is 0 Å². The maximum Gasteiger partial charge on any atom is 0.277 e. The zero-order valence-corrected chi connectivity index (χ0v) is 14.2. The summed E-state index contributed by atoms with van der Waals surface area (Å²) in [5.74, 6) is 1.35. The van der Waals surface area contributed by atoms with E-state index in [1.54, 1.807) is 4.52 Å². The third-order valence-electron chi connectivity index (χ3n) is 5.18. The fraction of sp³-hybridized carbons (Fsp3) is 0.389. The van der Waals surface area contributed by atoms with Crippen molar-refractivity contribution in [2.75, 3.05) is 25.0 Å². The van der Waals surface area contributed by atoms with E-state index < -0.39 is 0 Å². The molecular formula is C18H20N6O. The molecule has 0 saturated heterocycles. The molecular weight excluding hydrogens is 316 g/mol. The van der Waals surface area contributed by atoms with Gasteiger partial charge in [-0.1, -0.05) is 30.3 Å². The van der Waals surface area contributed by atoms with Crippen LogP contribution < -0.4 is 10.5 Å². The number of rotatable bonds is 2. The summed E-state index contributed by atoms with van der Waals surface area (Å²) in [6.07, 6.45) is 0.743. The quantitative estimate of drug-likeness (QED) is 0.696. The van der Waals surface area contributed by atoms with E-state index in [-0.39, 0.29) is 5.56 Å². The third kappa shape index (κ3) is 2.26. The summed E-state index contributed by atoms with van der Waals surface area (Å²) < 4.78 is 3.60. The molecule has 7 heteroatoms. The molecule has 7 nitrogen and oxygen atoms in total. The summed E-state index contributed by atoms with van der Waals surface area (Å²) in [5.41, 5.74) is 3.06. The molecule has 2 aliphatic heterocycles. The van der Waals surface area contributed by atoms with E-state index in [2.05, 4.69) is 39.0 Å². The van der Waals surface area contributed by atoms with Gasteiger partial charge in [-0.25, -0.2) is 9.67 Å². The Bertz CT molecular complexity index is 1010. The molecule has 0 spiro atoms. The smallest absolute Gasteiger partial charge is 0.277 e. The lowest BCUT2D eigenvalue weighted by atomic mass is 10.1. The number of hydrogen-bond donors (Lipinski definition) is 0. The average Bonchev–Trinajstić information content (AvgIpc) is 3.15. The standard InChI is InChI=1S/C18H20N6O/c1-21-9-10-23-18(21)20-17-19-15-12-22(11-13-5-3-2-4-6-13)8-7-14(15)16(25)24(17)23/h2-6H,7-12H2,1H3. The molecule has 0 aliphatic carbocycles. The molecule has 0 fully saturated rings. The topological polar surface area (TPSA) is 58.7 Å². The first-order valence-corrected chi connectivity index (χ1v) is 8.69. The van der Waals surface area contributed by atoms with Gasteiger partial charge in [0, 0.05) is 38.8 Å². The molecule has 2 aromatic heterocycles. The first-order chi connectivity index (χ1) is 12.2. The summed E-state index contributed by atoms with van der Waals surface area (Å²) in [4.78, 5) is 26.7. The van der Waals surface area contributed by atoms with Crippen LogP contribution in [0, 0.1) is 0 Å². The van der Waals surface area contributed by atoms with E-state index >= 15 is 0 Å². The Balaban J connectivity index is 1.52. The van der Waals surface area contributed by atoms with E-state index in [4.69, 9.17) is 4.98 Å². The largest absolute Gasteiger partial charge is 0.342 e. The van der Waals surface area contributed by atoms with E-state index in [0.29, 0.717) is 12.3 Å². The van der Waals surface area contributed by atoms with Crippen LogP contribution in [0.1, 0.15) is 16.8 Å². The Hall–Kier alpha value is -2.67. The minimum atomic E-state index is 0.0495. The Labute approximate surface area is 145 Å². The van der Waals surface area contributed by atoms with Crippen LogP contribution in [0.25, 0.3) is 5.78 Å². The predicted molar refractivity (Wildman–Crippen MR) is 94.8 cm³/mol. The van der Waals surface area contributed by atoms with Crippen LogP contribution in [0.2, 0.25) is 0 Å². The molecule has 2 aliphatic rings. The monoisotopic (exact) mass is 336 g/mol. The molecule has 0 atom stereocenters. The van der Waals surface area contributed by atoms with Crippen molar-refractivity contribution in [3.05, 3.63) is 57.5 Å². The lowest BCUT2D eigenvalue weighted by molar-refractivity contribution is 0.240. The molecule has 25 heavy (non-hydrogen) atoms. The summed E-state index contributed by atoms with van der Waals surface area (Å²) >= 11 is 0. The van der Waals surface area contributed by atoms with Gasteiger partial charge in [0.05, 0.1) is 12.2 Å². The van der Waals surface area contributed by atoms with E-state index in [0.717, 1.165) is 49.8 Å². The fourth-order valence-electron chi connectivity index (χ4n) is 3.85. The van der Waals surface area contributed by atoms with E-state index in [1.807, 2.05) is 17.8 Å². The SMILES string of the molecule is CN1CCn2c1nc1nc3c(c(=O)n12)CCN(Cc1ccccc1)C3. The highest BCUT2D eigenvalue weighted by Gasteiger charge is 2.27. The zero-order valence-electron chi connectivity index (χ0n) is 14.2. The van der Waals surface area contributed by atoms with Crippen LogP contribution >= 0.6 is 0 Å². The molecule has 0 bridgehead atoms. The summed E-state index contributed by atoms with van der Waals surface area (Å²) in [7, 11) is 2.00. The Kier molecular flexibility index (Phi) is 3.18. The van der Waals surface area contributed by atoms with Crippen LogP contribution in [-0.2, 0) is 26.1 Å². The van der Waals surface area contributed by atoms with Crippen LogP contribution in [0.3, 0.4) is 0 Å². The highest BCUT2D eigenvalue weighted by molar-refractivity contribution is 5.44. The van der Waals surface area contributed by atoms with Crippen LogP contribution in [0.4, 0.5) is 5.95 Å². The second-order valence-corrected chi connectivity index (χ2v) is 6.86. The van der Waals surface area contributed by atoms with Gasteiger partial charge in [0.2, 0.25) is 5.95 Å². The molecule has 0 unspecified atom stereocenters. The summed E-state index contributed by atoms with van der Waals surface area (Å²) in [5, 5.41) is 0. The number of fused-ring (bicyclic) bond motifs is 4. The Morgan fingerprint density at radius 2 is 1.92 bits per heavy atom. The van der Waals surface area contributed by atoms with Crippen LogP contribution in [0.5, 0.6) is 0 Å². The van der Waals surface area contributed by atoms with Gasteiger partial charge < -0.3 is 4.90 Å². The minimum Gasteiger partial charge on any atom is -0.342 e. The minimum absolute atomic E-state index is 0.0495. The van der Waals surface area contributed by atoms with Crippen molar-refractivity contribution in [3.8, 4) is 0 Å². The lowest BCUT2D eigenvalue weighted by Crippen LogP contribution is -2.36. The number of likely N-dealkylation sites (N-methyl/N-ethyl adjacent to an activating group) is 1. The second kappa shape index (κ2) is 5.42. The highest BCUT2D eigenvalue weighted by atomic mass is 16.1. The first-order valence-electron chi connectivity index (χ1n) is 8.69. The molecule has 0 radical (unpaired) electrons. The molecule has 3 aromatic rings. The molecule has 128 valence electrons. The van der Waals surface area contributed by atoms with Gasteiger partial charge in [-0.15, -0.1) is 0 Å². The Morgan fingerprint density at radius 3 is 2.76 bits per heavy atom. The molecule has 0 saturated carbocycles. The molecule has 1 aromatic carbocycles. The third-order valence-corrected chi connectivity index (χ3v) is 5.18. The van der Waals surface area contributed by atoms with Crippen molar-refractivity contribution in [2.45, 2.75) is 26.1 Å². The first kappa shape index (κ1) is 14.7. The molecule has 0 N–H and O–H groups in total. The van der Waals surface area contributed by atoms with Crippen molar-refractivity contribution in [3.63, 3.8) is 0 Å². The van der Waals surface area contributed by atoms with Crippen LogP contribution in [0.15, 0.2) is 35.1 Å². The van der Waals surface area contributed by atoms with Gasteiger partial charge in [0.15, 0.2) is 0 Å².